The van der Waals surface area contributed by atoms with Crippen LogP contribution in [0.5, 0.6) is 0 Å². The van der Waals surface area contributed by atoms with Gasteiger partial charge in [0.15, 0.2) is 0 Å². The minimum absolute atomic E-state index is 0.672. The molecule has 3 nitrogen and oxygen atoms in total. The van der Waals surface area contributed by atoms with Gasteiger partial charge < -0.3 is 10.0 Å². The largest absolute Gasteiger partial charge is 0.478 e. The van der Waals surface area contributed by atoms with E-state index in [9.17, 15) is 4.79 Å². The molecular weight excluding hydrogens is 238 g/mol. The Morgan fingerprint density at radius 1 is 1.32 bits per heavy atom. The van der Waals surface area contributed by atoms with Crippen molar-refractivity contribution in [1.29, 1.82) is 0 Å². The first-order valence-electron chi connectivity index (χ1n) is 6.83. The molecule has 0 spiro atoms. The van der Waals surface area contributed by atoms with E-state index in [4.69, 9.17) is 5.11 Å². The standard InChI is InChI=1S/C16H21NO2/c1-12-9-10-17(11-13(12)2)15-6-4-3-5-14(15)7-8-16(18)19/h3-8,12-13H,9-11H2,1-2H3,(H,18,19)/b8-7+. The molecule has 0 aromatic heterocycles. The molecule has 2 unspecified atom stereocenters. The molecule has 2 atom stereocenters. The van der Waals surface area contributed by atoms with E-state index >= 15 is 0 Å². The monoisotopic (exact) mass is 259 g/mol. The maximum Gasteiger partial charge on any atom is 0.328 e. The maximum atomic E-state index is 10.7. The van der Waals surface area contributed by atoms with Gasteiger partial charge in [0.25, 0.3) is 0 Å². The third-order valence-corrected chi connectivity index (χ3v) is 4.02. The molecule has 19 heavy (non-hydrogen) atoms. The Kier molecular flexibility index (Phi) is 4.25. The van der Waals surface area contributed by atoms with Crippen LogP contribution in [0.2, 0.25) is 0 Å². The van der Waals surface area contributed by atoms with E-state index in [1.165, 1.54) is 12.5 Å². The lowest BCUT2D eigenvalue weighted by Crippen LogP contribution is -2.38. The number of aliphatic carboxylic acids is 1. The number of hydrogen-bond acceptors (Lipinski definition) is 2. The second kappa shape index (κ2) is 5.91. The van der Waals surface area contributed by atoms with E-state index in [2.05, 4.69) is 24.8 Å². The van der Waals surface area contributed by atoms with Crippen molar-refractivity contribution in [3.05, 3.63) is 35.9 Å². The van der Waals surface area contributed by atoms with Gasteiger partial charge in [-0.25, -0.2) is 4.79 Å². The normalized spacial score (nSPS) is 23.8. The van der Waals surface area contributed by atoms with E-state index in [1.54, 1.807) is 6.08 Å². The molecule has 1 aliphatic rings. The third kappa shape index (κ3) is 3.37. The number of anilines is 1. The first-order valence-corrected chi connectivity index (χ1v) is 6.83. The second-order valence-electron chi connectivity index (χ2n) is 5.42. The van der Waals surface area contributed by atoms with Crippen LogP contribution in [-0.4, -0.2) is 24.2 Å². The van der Waals surface area contributed by atoms with E-state index in [0.717, 1.165) is 30.3 Å². The molecule has 1 saturated heterocycles. The van der Waals surface area contributed by atoms with Gasteiger partial charge in [0.2, 0.25) is 0 Å². The summed E-state index contributed by atoms with van der Waals surface area (Å²) in [5.74, 6) is 0.527. The summed E-state index contributed by atoms with van der Waals surface area (Å²) >= 11 is 0. The summed E-state index contributed by atoms with van der Waals surface area (Å²) in [6.07, 6.45) is 4.08. The number of carbonyl (C=O) groups is 1. The molecule has 1 heterocycles. The van der Waals surface area contributed by atoms with Crippen LogP contribution in [0, 0.1) is 11.8 Å². The fourth-order valence-corrected chi connectivity index (χ4v) is 2.56. The average Bonchev–Trinajstić information content (AvgIpc) is 2.40. The van der Waals surface area contributed by atoms with Gasteiger partial charge in [-0.1, -0.05) is 32.0 Å². The van der Waals surface area contributed by atoms with Crippen LogP contribution < -0.4 is 4.90 Å². The Balaban J connectivity index is 2.22. The van der Waals surface area contributed by atoms with Crippen molar-refractivity contribution in [2.45, 2.75) is 20.3 Å². The van der Waals surface area contributed by atoms with Crippen molar-refractivity contribution in [3.63, 3.8) is 0 Å². The van der Waals surface area contributed by atoms with Gasteiger partial charge in [0, 0.05) is 24.9 Å². The molecule has 0 amide bonds. The summed E-state index contributed by atoms with van der Waals surface area (Å²) < 4.78 is 0. The smallest absolute Gasteiger partial charge is 0.328 e. The summed E-state index contributed by atoms with van der Waals surface area (Å²) in [6, 6.07) is 8.00. The first-order chi connectivity index (χ1) is 9.08. The number of hydrogen-bond donors (Lipinski definition) is 1. The number of piperidine rings is 1. The zero-order chi connectivity index (χ0) is 13.8. The van der Waals surface area contributed by atoms with Gasteiger partial charge in [0.1, 0.15) is 0 Å². The Bertz CT molecular complexity index is 481. The van der Waals surface area contributed by atoms with Crippen LogP contribution in [0.4, 0.5) is 5.69 Å². The molecule has 2 rings (SSSR count). The summed E-state index contributed by atoms with van der Waals surface area (Å²) in [4.78, 5) is 13.0. The number of carboxylic acid groups (broad SMARTS) is 1. The summed E-state index contributed by atoms with van der Waals surface area (Å²) in [7, 11) is 0. The Morgan fingerprint density at radius 2 is 2.05 bits per heavy atom. The second-order valence-corrected chi connectivity index (χ2v) is 5.42. The Labute approximate surface area is 114 Å². The Hall–Kier alpha value is -1.77. The van der Waals surface area contributed by atoms with Crippen LogP contribution in [-0.2, 0) is 4.79 Å². The van der Waals surface area contributed by atoms with Crippen LogP contribution >= 0.6 is 0 Å². The van der Waals surface area contributed by atoms with Gasteiger partial charge >= 0.3 is 5.97 Å². The Morgan fingerprint density at radius 3 is 2.74 bits per heavy atom. The summed E-state index contributed by atoms with van der Waals surface area (Å²) in [6.45, 7) is 6.67. The molecule has 0 bridgehead atoms. The molecular formula is C16H21NO2. The maximum absolute atomic E-state index is 10.7. The van der Waals surface area contributed by atoms with Crippen molar-refractivity contribution in [3.8, 4) is 0 Å². The van der Waals surface area contributed by atoms with Crippen molar-refractivity contribution in [1.82, 2.24) is 0 Å². The average molecular weight is 259 g/mol. The van der Waals surface area contributed by atoms with Crippen LogP contribution in [0.3, 0.4) is 0 Å². The molecule has 0 radical (unpaired) electrons. The van der Waals surface area contributed by atoms with Crippen molar-refractivity contribution < 1.29 is 9.90 Å². The van der Waals surface area contributed by atoms with Crippen molar-refractivity contribution in [2.75, 3.05) is 18.0 Å². The number of carboxylic acids is 1. The lowest BCUT2D eigenvalue weighted by Gasteiger charge is -2.37. The van der Waals surface area contributed by atoms with Gasteiger partial charge in [-0.15, -0.1) is 0 Å². The van der Waals surface area contributed by atoms with Crippen molar-refractivity contribution >= 4 is 17.7 Å². The highest BCUT2D eigenvalue weighted by Crippen LogP contribution is 2.29. The zero-order valence-corrected chi connectivity index (χ0v) is 11.5. The lowest BCUT2D eigenvalue weighted by atomic mass is 9.88. The van der Waals surface area contributed by atoms with E-state index in [1.807, 2.05) is 18.2 Å². The highest BCUT2D eigenvalue weighted by Gasteiger charge is 2.23. The fourth-order valence-electron chi connectivity index (χ4n) is 2.56. The van der Waals surface area contributed by atoms with Crippen LogP contribution in [0.1, 0.15) is 25.8 Å². The highest BCUT2D eigenvalue weighted by molar-refractivity contribution is 5.87. The number of nitrogens with zero attached hydrogens (tertiary/aromatic N) is 1. The number of benzene rings is 1. The van der Waals surface area contributed by atoms with Crippen LogP contribution in [0.15, 0.2) is 30.3 Å². The minimum Gasteiger partial charge on any atom is -0.478 e. The van der Waals surface area contributed by atoms with Crippen LogP contribution in [0.25, 0.3) is 6.08 Å². The van der Waals surface area contributed by atoms with Gasteiger partial charge in [-0.2, -0.15) is 0 Å². The van der Waals surface area contributed by atoms with Gasteiger partial charge in [-0.3, -0.25) is 0 Å². The molecule has 3 heteroatoms. The summed E-state index contributed by atoms with van der Waals surface area (Å²) in [5.41, 5.74) is 2.12. The summed E-state index contributed by atoms with van der Waals surface area (Å²) in [5, 5.41) is 8.75. The molecule has 1 fully saturated rings. The van der Waals surface area contributed by atoms with Gasteiger partial charge in [-0.05, 0) is 36.0 Å². The fraction of sp³-hybridized carbons (Fsp3) is 0.438. The molecule has 1 aromatic rings. The third-order valence-electron chi connectivity index (χ3n) is 4.02. The lowest BCUT2D eigenvalue weighted by molar-refractivity contribution is -0.131. The number of para-hydroxylation sites is 1. The molecule has 0 aliphatic carbocycles. The predicted molar refractivity (Wildman–Crippen MR) is 78.3 cm³/mol. The molecule has 102 valence electrons. The highest BCUT2D eigenvalue weighted by atomic mass is 16.4. The number of rotatable bonds is 3. The van der Waals surface area contributed by atoms with Crippen molar-refractivity contribution in [2.24, 2.45) is 11.8 Å². The molecule has 1 N–H and O–H groups in total. The first kappa shape index (κ1) is 13.7. The molecule has 1 aliphatic heterocycles. The zero-order valence-electron chi connectivity index (χ0n) is 11.5. The minimum atomic E-state index is -0.907. The quantitative estimate of drug-likeness (QED) is 0.847. The van der Waals surface area contributed by atoms with E-state index in [-0.39, 0.29) is 0 Å². The van der Waals surface area contributed by atoms with E-state index in [0.29, 0.717) is 5.92 Å². The molecule has 0 saturated carbocycles. The van der Waals surface area contributed by atoms with Gasteiger partial charge in [0.05, 0.1) is 0 Å². The van der Waals surface area contributed by atoms with E-state index < -0.39 is 5.97 Å². The predicted octanol–water partition coefficient (Wildman–Crippen LogP) is 3.27. The molecule has 1 aromatic carbocycles. The SMILES string of the molecule is CC1CCN(c2ccccc2/C=C/C(=O)O)CC1C. The topological polar surface area (TPSA) is 40.5 Å².